The molecule has 1 atom stereocenters. The van der Waals surface area contributed by atoms with Crippen LogP contribution in [0.3, 0.4) is 0 Å². The van der Waals surface area contributed by atoms with Crippen molar-refractivity contribution >= 4 is 0 Å². The Labute approximate surface area is 75.2 Å². The first-order valence-electron chi connectivity index (χ1n) is 5.02. The summed E-state index contributed by atoms with van der Waals surface area (Å²) in [7, 11) is 0. The van der Waals surface area contributed by atoms with E-state index < -0.39 is 0 Å². The lowest BCUT2D eigenvalue weighted by atomic mass is 10.2. The predicted octanol–water partition coefficient (Wildman–Crippen LogP) is 2.16. The van der Waals surface area contributed by atoms with Crippen LogP contribution in [0, 0.1) is 11.3 Å². The van der Waals surface area contributed by atoms with Crippen LogP contribution in [0.15, 0.2) is 0 Å². The van der Waals surface area contributed by atoms with E-state index in [2.05, 4.69) is 17.9 Å². The lowest BCUT2D eigenvalue weighted by molar-refractivity contribution is 0.238. The third-order valence-electron chi connectivity index (χ3n) is 2.62. The van der Waals surface area contributed by atoms with E-state index in [4.69, 9.17) is 5.26 Å². The SMILES string of the molecule is CCC(C#N)N1CCCCCC1. The first-order chi connectivity index (χ1) is 5.88. The molecular weight excluding hydrogens is 148 g/mol. The van der Waals surface area contributed by atoms with E-state index in [1.165, 1.54) is 25.7 Å². The highest BCUT2D eigenvalue weighted by Crippen LogP contribution is 2.13. The average molecular weight is 166 g/mol. The lowest BCUT2D eigenvalue weighted by Crippen LogP contribution is -2.34. The molecular formula is C10H18N2. The van der Waals surface area contributed by atoms with Crippen LogP contribution >= 0.6 is 0 Å². The van der Waals surface area contributed by atoms with Crippen molar-refractivity contribution in [1.82, 2.24) is 4.90 Å². The maximum atomic E-state index is 8.88. The molecule has 0 aromatic heterocycles. The van der Waals surface area contributed by atoms with Crippen LogP contribution in [-0.2, 0) is 0 Å². The molecule has 0 spiro atoms. The minimum absolute atomic E-state index is 0.170. The smallest absolute Gasteiger partial charge is 0.0975 e. The molecule has 0 bridgehead atoms. The quantitative estimate of drug-likeness (QED) is 0.628. The zero-order valence-corrected chi connectivity index (χ0v) is 7.92. The topological polar surface area (TPSA) is 27.0 Å². The maximum Gasteiger partial charge on any atom is 0.0975 e. The number of nitrogens with zero attached hydrogens (tertiary/aromatic N) is 2. The van der Waals surface area contributed by atoms with Gasteiger partial charge >= 0.3 is 0 Å². The Morgan fingerprint density at radius 2 is 1.83 bits per heavy atom. The van der Waals surface area contributed by atoms with Gasteiger partial charge in [-0.15, -0.1) is 0 Å². The fourth-order valence-electron chi connectivity index (χ4n) is 1.84. The second-order valence-electron chi connectivity index (χ2n) is 3.50. The molecule has 1 rings (SSSR count). The van der Waals surface area contributed by atoms with E-state index in [0.717, 1.165) is 19.5 Å². The molecule has 0 amide bonds. The number of hydrogen-bond donors (Lipinski definition) is 0. The highest BCUT2D eigenvalue weighted by Gasteiger charge is 2.16. The van der Waals surface area contributed by atoms with E-state index in [0.29, 0.717) is 0 Å². The standard InChI is InChI=1S/C10H18N2/c1-2-10(9-11)12-7-5-3-4-6-8-12/h10H,2-8H2,1H3. The molecule has 1 aliphatic heterocycles. The van der Waals surface area contributed by atoms with Gasteiger partial charge < -0.3 is 0 Å². The van der Waals surface area contributed by atoms with Crippen molar-refractivity contribution in [1.29, 1.82) is 5.26 Å². The van der Waals surface area contributed by atoms with Crippen LogP contribution in [0.5, 0.6) is 0 Å². The third-order valence-corrected chi connectivity index (χ3v) is 2.62. The summed E-state index contributed by atoms with van der Waals surface area (Å²) in [5.41, 5.74) is 0. The Hall–Kier alpha value is -0.550. The molecule has 1 heterocycles. The van der Waals surface area contributed by atoms with Crippen LogP contribution in [0.1, 0.15) is 39.0 Å². The van der Waals surface area contributed by atoms with Gasteiger partial charge in [-0.2, -0.15) is 5.26 Å². The summed E-state index contributed by atoms with van der Waals surface area (Å²) in [6.07, 6.45) is 6.21. The van der Waals surface area contributed by atoms with Gasteiger partial charge in [0.15, 0.2) is 0 Å². The van der Waals surface area contributed by atoms with Crippen LogP contribution in [0.4, 0.5) is 0 Å². The van der Waals surface area contributed by atoms with E-state index >= 15 is 0 Å². The van der Waals surface area contributed by atoms with Crippen molar-refractivity contribution in [2.24, 2.45) is 0 Å². The Morgan fingerprint density at radius 3 is 2.25 bits per heavy atom. The molecule has 0 saturated carbocycles. The van der Waals surface area contributed by atoms with Crippen molar-refractivity contribution in [2.75, 3.05) is 13.1 Å². The molecule has 0 aromatic rings. The van der Waals surface area contributed by atoms with Crippen LogP contribution in [0.2, 0.25) is 0 Å². The fraction of sp³-hybridized carbons (Fsp3) is 0.900. The molecule has 0 radical (unpaired) electrons. The van der Waals surface area contributed by atoms with Gasteiger partial charge in [0.2, 0.25) is 0 Å². The third kappa shape index (κ3) is 2.49. The summed E-state index contributed by atoms with van der Waals surface area (Å²) in [6.45, 7) is 4.36. The maximum absolute atomic E-state index is 8.88. The van der Waals surface area contributed by atoms with Crippen LogP contribution < -0.4 is 0 Å². The Bertz CT molecular complexity index is 152. The van der Waals surface area contributed by atoms with Crippen molar-refractivity contribution in [3.8, 4) is 6.07 Å². The fourth-order valence-corrected chi connectivity index (χ4v) is 1.84. The summed E-state index contributed by atoms with van der Waals surface area (Å²) < 4.78 is 0. The highest BCUT2D eigenvalue weighted by molar-refractivity contribution is 4.91. The minimum atomic E-state index is 0.170. The molecule has 1 unspecified atom stereocenters. The van der Waals surface area contributed by atoms with E-state index in [1.54, 1.807) is 0 Å². The molecule has 2 heteroatoms. The molecule has 0 aliphatic carbocycles. The molecule has 2 nitrogen and oxygen atoms in total. The molecule has 0 N–H and O–H groups in total. The minimum Gasteiger partial charge on any atom is -0.288 e. The summed E-state index contributed by atoms with van der Waals surface area (Å²) in [4.78, 5) is 2.34. The van der Waals surface area contributed by atoms with Gasteiger partial charge in [-0.25, -0.2) is 0 Å². The van der Waals surface area contributed by atoms with Gasteiger partial charge in [0, 0.05) is 0 Å². The number of rotatable bonds is 2. The van der Waals surface area contributed by atoms with E-state index in [9.17, 15) is 0 Å². The predicted molar refractivity (Wildman–Crippen MR) is 49.7 cm³/mol. The zero-order chi connectivity index (χ0) is 8.81. The zero-order valence-electron chi connectivity index (χ0n) is 7.92. The molecule has 1 saturated heterocycles. The van der Waals surface area contributed by atoms with Crippen molar-refractivity contribution in [3.63, 3.8) is 0 Å². The van der Waals surface area contributed by atoms with Gasteiger partial charge in [-0.05, 0) is 32.4 Å². The number of nitriles is 1. The summed E-state index contributed by atoms with van der Waals surface area (Å²) in [5, 5.41) is 8.88. The lowest BCUT2D eigenvalue weighted by Gasteiger charge is -2.23. The number of likely N-dealkylation sites (tertiary alicyclic amines) is 1. The largest absolute Gasteiger partial charge is 0.288 e. The average Bonchev–Trinajstić information content (AvgIpc) is 2.35. The van der Waals surface area contributed by atoms with Crippen LogP contribution in [0.25, 0.3) is 0 Å². The van der Waals surface area contributed by atoms with Crippen molar-refractivity contribution in [3.05, 3.63) is 0 Å². The summed E-state index contributed by atoms with van der Waals surface area (Å²) in [6, 6.07) is 2.54. The van der Waals surface area contributed by atoms with Crippen molar-refractivity contribution < 1.29 is 0 Å². The molecule has 1 aliphatic rings. The Kier molecular flexibility index (Phi) is 4.10. The second-order valence-corrected chi connectivity index (χ2v) is 3.50. The van der Waals surface area contributed by atoms with Crippen LogP contribution in [-0.4, -0.2) is 24.0 Å². The van der Waals surface area contributed by atoms with Gasteiger partial charge in [0.1, 0.15) is 0 Å². The molecule has 0 aromatic carbocycles. The first kappa shape index (κ1) is 9.54. The summed E-state index contributed by atoms with van der Waals surface area (Å²) in [5.74, 6) is 0. The number of hydrogen-bond acceptors (Lipinski definition) is 2. The van der Waals surface area contributed by atoms with E-state index in [1.807, 2.05) is 0 Å². The van der Waals surface area contributed by atoms with Gasteiger partial charge in [-0.3, -0.25) is 4.90 Å². The van der Waals surface area contributed by atoms with Gasteiger partial charge in [-0.1, -0.05) is 19.8 Å². The molecule has 68 valence electrons. The van der Waals surface area contributed by atoms with E-state index in [-0.39, 0.29) is 6.04 Å². The highest BCUT2D eigenvalue weighted by atomic mass is 15.1. The Morgan fingerprint density at radius 1 is 1.25 bits per heavy atom. The summed E-state index contributed by atoms with van der Waals surface area (Å²) >= 11 is 0. The second kappa shape index (κ2) is 5.16. The molecule has 1 fully saturated rings. The van der Waals surface area contributed by atoms with Crippen molar-refractivity contribution in [2.45, 2.75) is 45.1 Å². The molecule has 12 heavy (non-hydrogen) atoms. The van der Waals surface area contributed by atoms with Gasteiger partial charge in [0.05, 0.1) is 12.1 Å². The van der Waals surface area contributed by atoms with Gasteiger partial charge in [0.25, 0.3) is 0 Å². The monoisotopic (exact) mass is 166 g/mol. The normalized spacial score (nSPS) is 22.7. The Balaban J connectivity index is 2.42. The first-order valence-corrected chi connectivity index (χ1v) is 5.02.